The molecule has 0 aliphatic rings. The summed E-state index contributed by atoms with van der Waals surface area (Å²) >= 11 is 0. The van der Waals surface area contributed by atoms with E-state index >= 15 is 0 Å². The third-order valence-corrected chi connectivity index (χ3v) is 4.39. The summed E-state index contributed by atoms with van der Waals surface area (Å²) in [5.41, 5.74) is 5.79. The average molecular weight is 419 g/mol. The van der Waals surface area contributed by atoms with Crippen LogP contribution in [0.3, 0.4) is 0 Å². The number of carbonyl (C=O) groups is 1. The van der Waals surface area contributed by atoms with Crippen molar-refractivity contribution in [2.75, 3.05) is 25.5 Å². The second kappa shape index (κ2) is 9.90. The first-order valence-corrected chi connectivity index (χ1v) is 9.14. The minimum Gasteiger partial charge on any atom is -0.488 e. The molecule has 0 radical (unpaired) electrons. The highest BCUT2D eigenvalue weighted by Crippen LogP contribution is 2.31. The maximum atomic E-state index is 10.9. The number of carboxylic acids is 1. The molecule has 0 fully saturated rings. The quantitative estimate of drug-likeness (QED) is 0.242. The molecule has 0 bridgehead atoms. The molecule has 30 heavy (non-hydrogen) atoms. The van der Waals surface area contributed by atoms with Crippen molar-refractivity contribution in [2.45, 2.75) is 25.5 Å². The van der Waals surface area contributed by atoms with Crippen LogP contribution in [0, 0.1) is 10.1 Å². The molecule has 0 heterocycles. The number of nitro groups is 1. The van der Waals surface area contributed by atoms with Gasteiger partial charge >= 0.3 is 5.97 Å². The normalized spacial score (nSPS) is 12.2. The SMILES string of the molecule is CC(C)(NCC(O)COc1cccc([N+](=O)[O-])c1N)c1ccc(OCC(=O)O)cc1. The number of nitrogen functional groups attached to an aromatic ring is 1. The lowest BCUT2D eigenvalue weighted by Gasteiger charge is -2.28. The highest BCUT2D eigenvalue weighted by molar-refractivity contribution is 5.68. The summed E-state index contributed by atoms with van der Waals surface area (Å²) < 4.78 is 10.5. The summed E-state index contributed by atoms with van der Waals surface area (Å²) in [6.45, 7) is 3.52. The van der Waals surface area contributed by atoms with Crippen molar-refractivity contribution in [3.05, 3.63) is 58.1 Å². The fourth-order valence-corrected chi connectivity index (χ4v) is 2.65. The summed E-state index contributed by atoms with van der Waals surface area (Å²) in [6.07, 6.45) is -0.888. The maximum absolute atomic E-state index is 10.9. The number of benzene rings is 2. The molecule has 0 saturated carbocycles. The van der Waals surface area contributed by atoms with Gasteiger partial charge in [-0.25, -0.2) is 4.79 Å². The molecule has 0 saturated heterocycles. The molecule has 2 rings (SSSR count). The minimum atomic E-state index is -1.05. The summed E-state index contributed by atoms with van der Waals surface area (Å²) in [7, 11) is 0. The Kier molecular flexibility index (Phi) is 7.56. The Balaban J connectivity index is 1.89. The summed E-state index contributed by atoms with van der Waals surface area (Å²) in [6, 6.07) is 11.2. The van der Waals surface area contributed by atoms with Crippen molar-refractivity contribution < 1.29 is 29.4 Å². The predicted octanol–water partition coefficient (Wildman–Crippen LogP) is 1.91. The molecule has 0 amide bonds. The van der Waals surface area contributed by atoms with E-state index in [1.54, 1.807) is 24.3 Å². The van der Waals surface area contributed by atoms with Gasteiger partial charge in [0.05, 0.1) is 4.92 Å². The van der Waals surface area contributed by atoms with Crippen LogP contribution < -0.4 is 20.5 Å². The van der Waals surface area contributed by atoms with Gasteiger partial charge in [-0.05, 0) is 37.6 Å². The lowest BCUT2D eigenvalue weighted by Crippen LogP contribution is -2.42. The van der Waals surface area contributed by atoms with Crippen LogP contribution in [0.2, 0.25) is 0 Å². The van der Waals surface area contributed by atoms with Gasteiger partial charge in [0.25, 0.3) is 5.69 Å². The molecule has 2 aromatic carbocycles. The number of rotatable bonds is 11. The Bertz CT molecular complexity index is 884. The number of aliphatic hydroxyl groups is 1. The van der Waals surface area contributed by atoms with E-state index in [4.69, 9.17) is 20.3 Å². The molecule has 0 aliphatic heterocycles. The molecule has 1 atom stereocenters. The Morgan fingerprint density at radius 3 is 2.50 bits per heavy atom. The van der Waals surface area contributed by atoms with Crippen molar-refractivity contribution in [3.8, 4) is 11.5 Å². The number of nitrogens with zero attached hydrogens (tertiary/aromatic N) is 1. The first-order valence-electron chi connectivity index (χ1n) is 9.14. The molecule has 0 aliphatic carbocycles. The Morgan fingerprint density at radius 2 is 1.90 bits per heavy atom. The van der Waals surface area contributed by atoms with Crippen LogP contribution in [0.15, 0.2) is 42.5 Å². The van der Waals surface area contributed by atoms with Gasteiger partial charge < -0.3 is 30.7 Å². The zero-order valence-electron chi connectivity index (χ0n) is 16.7. The zero-order valence-corrected chi connectivity index (χ0v) is 16.7. The number of hydrogen-bond acceptors (Lipinski definition) is 8. The van der Waals surface area contributed by atoms with Crippen LogP contribution in [-0.4, -0.2) is 47.0 Å². The first kappa shape index (κ1) is 22.9. The number of nitrogens with one attached hydrogen (secondary N) is 1. The smallest absolute Gasteiger partial charge is 0.341 e. The van der Waals surface area contributed by atoms with Gasteiger partial charge in [0.1, 0.15) is 24.2 Å². The molecule has 0 aromatic heterocycles. The van der Waals surface area contributed by atoms with E-state index in [1.807, 2.05) is 13.8 Å². The molecule has 162 valence electrons. The molecular formula is C20H25N3O7. The van der Waals surface area contributed by atoms with Crippen molar-refractivity contribution in [1.29, 1.82) is 0 Å². The van der Waals surface area contributed by atoms with Crippen LogP contribution in [-0.2, 0) is 10.3 Å². The predicted molar refractivity (Wildman–Crippen MR) is 110 cm³/mol. The van der Waals surface area contributed by atoms with E-state index in [0.29, 0.717) is 5.75 Å². The molecular weight excluding hydrogens is 394 g/mol. The summed E-state index contributed by atoms with van der Waals surface area (Å²) in [5, 5.41) is 33.0. The number of aliphatic hydroxyl groups excluding tert-OH is 1. The van der Waals surface area contributed by atoms with Crippen molar-refractivity contribution in [3.63, 3.8) is 0 Å². The highest BCUT2D eigenvalue weighted by atomic mass is 16.6. The monoisotopic (exact) mass is 419 g/mol. The number of carboxylic acid groups (broad SMARTS) is 1. The summed E-state index contributed by atoms with van der Waals surface area (Å²) in [5.74, 6) is -0.469. The lowest BCUT2D eigenvalue weighted by atomic mass is 9.94. The third-order valence-electron chi connectivity index (χ3n) is 4.39. The average Bonchev–Trinajstić information content (AvgIpc) is 2.70. The van der Waals surface area contributed by atoms with Crippen LogP contribution >= 0.6 is 0 Å². The number of nitrogens with two attached hydrogens (primary N) is 1. The van der Waals surface area contributed by atoms with Crippen LogP contribution in [0.4, 0.5) is 11.4 Å². The van der Waals surface area contributed by atoms with E-state index in [9.17, 15) is 20.0 Å². The molecule has 1 unspecified atom stereocenters. The van der Waals surface area contributed by atoms with Gasteiger partial charge in [-0.15, -0.1) is 0 Å². The standard InChI is InChI=1S/C20H25N3O7/c1-20(2,13-6-8-15(9-7-13)29-12-18(25)26)22-10-14(24)11-30-17-5-3-4-16(19(17)21)23(27)28/h3-9,14,22,24H,10-12,21H2,1-2H3,(H,25,26). The van der Waals surface area contributed by atoms with E-state index < -0.39 is 29.1 Å². The molecule has 2 aromatic rings. The minimum absolute atomic E-state index is 0.0896. The topological polar surface area (TPSA) is 157 Å². The fourth-order valence-electron chi connectivity index (χ4n) is 2.65. The van der Waals surface area contributed by atoms with Gasteiger partial charge in [0, 0.05) is 18.2 Å². The molecule has 10 nitrogen and oxygen atoms in total. The number of para-hydroxylation sites is 1. The van der Waals surface area contributed by atoms with Crippen LogP contribution in [0.1, 0.15) is 19.4 Å². The number of nitro benzene ring substituents is 1. The second-order valence-corrected chi connectivity index (χ2v) is 7.12. The van der Waals surface area contributed by atoms with Gasteiger partial charge in [-0.3, -0.25) is 10.1 Å². The fraction of sp³-hybridized carbons (Fsp3) is 0.350. The highest BCUT2D eigenvalue weighted by Gasteiger charge is 2.22. The van der Waals surface area contributed by atoms with Crippen LogP contribution in [0.25, 0.3) is 0 Å². The Hall–Kier alpha value is -3.37. The lowest BCUT2D eigenvalue weighted by molar-refractivity contribution is -0.384. The van der Waals surface area contributed by atoms with Gasteiger partial charge in [0.2, 0.25) is 0 Å². The molecule has 10 heteroatoms. The number of anilines is 1. The number of ether oxygens (including phenoxy) is 2. The van der Waals surface area contributed by atoms with E-state index in [-0.39, 0.29) is 30.3 Å². The number of aliphatic carboxylic acids is 1. The first-order chi connectivity index (χ1) is 14.1. The van der Waals surface area contributed by atoms with E-state index in [1.165, 1.54) is 18.2 Å². The largest absolute Gasteiger partial charge is 0.488 e. The Morgan fingerprint density at radius 1 is 1.23 bits per heavy atom. The number of hydrogen-bond donors (Lipinski definition) is 4. The third kappa shape index (κ3) is 6.33. The maximum Gasteiger partial charge on any atom is 0.341 e. The Labute approximate surface area is 173 Å². The van der Waals surface area contributed by atoms with Crippen molar-refractivity contribution >= 4 is 17.3 Å². The molecule has 0 spiro atoms. The van der Waals surface area contributed by atoms with Gasteiger partial charge in [-0.2, -0.15) is 0 Å². The van der Waals surface area contributed by atoms with Crippen LogP contribution in [0.5, 0.6) is 11.5 Å². The molecule has 5 N–H and O–H groups in total. The van der Waals surface area contributed by atoms with Gasteiger partial charge in [0.15, 0.2) is 12.3 Å². The van der Waals surface area contributed by atoms with Gasteiger partial charge in [-0.1, -0.05) is 18.2 Å². The zero-order chi connectivity index (χ0) is 22.3. The summed E-state index contributed by atoms with van der Waals surface area (Å²) in [4.78, 5) is 20.9. The van der Waals surface area contributed by atoms with Crippen molar-refractivity contribution in [2.24, 2.45) is 0 Å². The van der Waals surface area contributed by atoms with E-state index in [2.05, 4.69) is 5.32 Å². The van der Waals surface area contributed by atoms with Crippen molar-refractivity contribution in [1.82, 2.24) is 5.32 Å². The second-order valence-electron chi connectivity index (χ2n) is 7.12. The van der Waals surface area contributed by atoms with E-state index in [0.717, 1.165) is 5.56 Å².